The van der Waals surface area contributed by atoms with Crippen molar-refractivity contribution in [3.63, 3.8) is 0 Å². The number of aromatic nitrogens is 1. The van der Waals surface area contributed by atoms with Gasteiger partial charge in [0.05, 0.1) is 11.2 Å². The molecule has 0 fully saturated rings. The van der Waals surface area contributed by atoms with Gasteiger partial charge < -0.3 is 4.57 Å². The average Bonchev–Trinajstić information content (AvgIpc) is 3.15. The Hall–Kier alpha value is -5.56. The minimum Gasteiger partial charge on any atom is -0.309 e. The lowest BCUT2D eigenvalue weighted by Crippen LogP contribution is -2.24. The van der Waals surface area contributed by atoms with Gasteiger partial charge in [0.25, 0.3) is 0 Å². The summed E-state index contributed by atoms with van der Waals surface area (Å²) < 4.78 is 15.0. The summed E-state index contributed by atoms with van der Waals surface area (Å²) in [7, 11) is -3.07. The van der Waals surface area contributed by atoms with Gasteiger partial charge in [-0.2, -0.15) is 0 Å². The predicted molar refractivity (Wildman–Crippen MR) is 195 cm³/mol. The van der Waals surface area contributed by atoms with Gasteiger partial charge in [-0.3, -0.25) is 0 Å². The second kappa shape index (κ2) is 11.7. The minimum atomic E-state index is -3.07. The first kappa shape index (κ1) is 28.0. The SMILES string of the molecule is O=P(c1ccccc1)(c1ccccc1)c1ccc(-c2cc3nc(-c4ccccc4)cc(-c4ccccc4)c3c3ccccc23)cc1. The summed E-state index contributed by atoms with van der Waals surface area (Å²) in [5.74, 6) is 0. The fraction of sp³-hybridized carbons (Fsp3) is 0. The third-order valence-electron chi connectivity index (χ3n) is 8.75. The summed E-state index contributed by atoms with van der Waals surface area (Å²) in [5.41, 5.74) is 7.44. The smallest absolute Gasteiger partial charge is 0.171 e. The van der Waals surface area contributed by atoms with Crippen LogP contribution in [0.4, 0.5) is 0 Å². The molecule has 0 radical (unpaired) electrons. The van der Waals surface area contributed by atoms with Crippen LogP contribution >= 0.6 is 7.14 Å². The van der Waals surface area contributed by atoms with E-state index in [4.69, 9.17) is 4.98 Å². The Morgan fingerprint density at radius 1 is 0.391 bits per heavy atom. The van der Waals surface area contributed by atoms with Crippen LogP contribution in [-0.2, 0) is 4.57 Å². The highest BCUT2D eigenvalue weighted by Crippen LogP contribution is 2.44. The number of hydrogen-bond donors (Lipinski definition) is 0. The Balaban J connectivity index is 1.34. The first-order valence-corrected chi connectivity index (χ1v) is 17.2. The number of fused-ring (bicyclic) bond motifs is 3. The molecule has 0 aliphatic heterocycles. The molecule has 3 heteroatoms. The van der Waals surface area contributed by atoms with Gasteiger partial charge in [0.1, 0.15) is 0 Å². The normalized spacial score (nSPS) is 11.6. The minimum absolute atomic E-state index is 0.814. The molecule has 8 rings (SSSR count). The van der Waals surface area contributed by atoms with E-state index in [1.165, 1.54) is 0 Å². The van der Waals surface area contributed by atoms with Crippen molar-refractivity contribution < 1.29 is 4.57 Å². The third-order valence-corrected chi connectivity index (χ3v) is 11.8. The van der Waals surface area contributed by atoms with Gasteiger partial charge in [0.15, 0.2) is 7.14 Å². The molecule has 1 heterocycles. The van der Waals surface area contributed by atoms with Crippen LogP contribution < -0.4 is 15.9 Å². The van der Waals surface area contributed by atoms with Gasteiger partial charge in [-0.15, -0.1) is 0 Å². The highest BCUT2D eigenvalue weighted by molar-refractivity contribution is 7.85. The zero-order valence-electron chi connectivity index (χ0n) is 25.1. The predicted octanol–water partition coefficient (Wildman–Crippen LogP) is 10.0. The van der Waals surface area contributed by atoms with Crippen LogP contribution in [0.15, 0.2) is 182 Å². The fourth-order valence-corrected chi connectivity index (χ4v) is 9.17. The van der Waals surface area contributed by atoms with E-state index in [0.29, 0.717) is 0 Å². The second-order valence-corrected chi connectivity index (χ2v) is 14.2. The zero-order valence-corrected chi connectivity index (χ0v) is 26.0. The van der Waals surface area contributed by atoms with E-state index in [0.717, 1.165) is 71.1 Å². The molecule has 0 aliphatic carbocycles. The standard InChI is InChI=1S/C43H30NOP/c45-46(34-19-9-3-10-20-34,35-21-11-4-12-22-35)36-27-25-32(26-28-36)39-29-42-43(38-24-14-13-23-37(38)39)40(31-15-5-1-6-16-31)30-41(44-42)33-17-7-2-8-18-33/h1-30H. The largest absolute Gasteiger partial charge is 0.309 e. The van der Waals surface area contributed by atoms with Crippen molar-refractivity contribution in [2.24, 2.45) is 0 Å². The summed E-state index contributed by atoms with van der Waals surface area (Å²) in [6.45, 7) is 0. The monoisotopic (exact) mass is 607 g/mol. The second-order valence-electron chi connectivity index (χ2n) is 11.5. The molecular weight excluding hydrogens is 577 g/mol. The van der Waals surface area contributed by atoms with Crippen molar-refractivity contribution in [1.82, 2.24) is 4.98 Å². The number of nitrogens with zero attached hydrogens (tertiary/aromatic N) is 1. The summed E-state index contributed by atoms with van der Waals surface area (Å²) in [6.07, 6.45) is 0. The van der Waals surface area contributed by atoms with Crippen molar-refractivity contribution in [2.45, 2.75) is 0 Å². The molecule has 8 aromatic rings. The molecule has 1 aromatic heterocycles. The number of benzene rings is 7. The van der Waals surface area contributed by atoms with Gasteiger partial charge in [-0.25, -0.2) is 4.98 Å². The molecule has 0 saturated heterocycles. The topological polar surface area (TPSA) is 30.0 Å². The summed E-state index contributed by atoms with van der Waals surface area (Å²) in [4.78, 5) is 5.26. The zero-order chi connectivity index (χ0) is 30.9. The number of hydrogen-bond acceptors (Lipinski definition) is 2. The van der Waals surface area contributed by atoms with E-state index in [1.54, 1.807) is 0 Å². The van der Waals surface area contributed by atoms with Gasteiger partial charge in [-0.05, 0) is 45.2 Å². The summed E-state index contributed by atoms with van der Waals surface area (Å²) >= 11 is 0. The average molecular weight is 608 g/mol. The maximum Gasteiger partial charge on any atom is 0.171 e. The van der Waals surface area contributed by atoms with Crippen LogP contribution in [0.1, 0.15) is 0 Å². The molecular formula is C43H30NOP. The maximum absolute atomic E-state index is 15.0. The molecule has 0 unspecified atom stereocenters. The van der Waals surface area contributed by atoms with E-state index >= 15 is 0 Å². The van der Waals surface area contributed by atoms with Gasteiger partial charge >= 0.3 is 0 Å². The Kier molecular flexibility index (Phi) is 7.14. The van der Waals surface area contributed by atoms with E-state index in [2.05, 4.69) is 103 Å². The van der Waals surface area contributed by atoms with E-state index in [-0.39, 0.29) is 0 Å². The summed E-state index contributed by atoms with van der Waals surface area (Å²) in [6, 6.07) is 61.9. The number of pyridine rings is 1. The molecule has 0 amide bonds. The molecule has 2 nitrogen and oxygen atoms in total. The van der Waals surface area contributed by atoms with Crippen LogP contribution in [0.5, 0.6) is 0 Å². The Bertz CT molecular complexity index is 2310. The van der Waals surface area contributed by atoms with Crippen LogP contribution in [0, 0.1) is 0 Å². The number of rotatable bonds is 6. The quantitative estimate of drug-likeness (QED) is 0.139. The lowest BCUT2D eigenvalue weighted by molar-refractivity contribution is 0.592. The van der Waals surface area contributed by atoms with Gasteiger partial charge in [0, 0.05) is 26.9 Å². The highest BCUT2D eigenvalue weighted by atomic mass is 31.2. The van der Waals surface area contributed by atoms with Crippen molar-refractivity contribution in [3.8, 4) is 33.5 Å². The van der Waals surface area contributed by atoms with Crippen molar-refractivity contribution in [1.29, 1.82) is 0 Å². The lowest BCUT2D eigenvalue weighted by Gasteiger charge is -2.20. The first-order chi connectivity index (χ1) is 22.7. The van der Waals surface area contributed by atoms with Gasteiger partial charge in [-0.1, -0.05) is 170 Å². The van der Waals surface area contributed by atoms with E-state index in [9.17, 15) is 4.57 Å². The molecule has 7 aromatic carbocycles. The van der Waals surface area contributed by atoms with Crippen LogP contribution in [0.2, 0.25) is 0 Å². The molecule has 0 spiro atoms. The van der Waals surface area contributed by atoms with E-state index in [1.807, 2.05) is 78.9 Å². The maximum atomic E-state index is 15.0. The van der Waals surface area contributed by atoms with Crippen LogP contribution in [0.3, 0.4) is 0 Å². The van der Waals surface area contributed by atoms with Crippen LogP contribution in [0.25, 0.3) is 55.2 Å². The van der Waals surface area contributed by atoms with Crippen molar-refractivity contribution in [2.75, 3.05) is 0 Å². The summed E-state index contributed by atoms with van der Waals surface area (Å²) in [5, 5.41) is 5.93. The Morgan fingerprint density at radius 2 is 0.848 bits per heavy atom. The first-order valence-electron chi connectivity index (χ1n) is 15.5. The lowest BCUT2D eigenvalue weighted by atomic mass is 9.90. The molecule has 0 aliphatic rings. The molecule has 0 saturated carbocycles. The highest BCUT2D eigenvalue weighted by Gasteiger charge is 2.29. The Morgan fingerprint density at radius 3 is 1.43 bits per heavy atom. The Labute approximate surface area is 269 Å². The van der Waals surface area contributed by atoms with Crippen LogP contribution in [-0.4, -0.2) is 4.98 Å². The van der Waals surface area contributed by atoms with E-state index < -0.39 is 7.14 Å². The fourth-order valence-electron chi connectivity index (χ4n) is 6.52. The van der Waals surface area contributed by atoms with Gasteiger partial charge in [0.2, 0.25) is 0 Å². The molecule has 0 bridgehead atoms. The molecule has 0 N–H and O–H groups in total. The van der Waals surface area contributed by atoms with Crippen molar-refractivity contribution >= 4 is 44.7 Å². The third kappa shape index (κ3) is 4.85. The molecule has 218 valence electrons. The molecule has 0 atom stereocenters. The van der Waals surface area contributed by atoms with Crippen molar-refractivity contribution in [3.05, 3.63) is 182 Å². The molecule has 46 heavy (non-hydrogen) atoms.